The van der Waals surface area contributed by atoms with Crippen LogP contribution in [0.4, 0.5) is 5.82 Å². The molecule has 2 rings (SSSR count). The lowest BCUT2D eigenvalue weighted by molar-refractivity contribution is -0.390. The van der Waals surface area contributed by atoms with Crippen molar-refractivity contribution in [2.24, 2.45) is 0 Å². The maximum absolute atomic E-state index is 12.1. The number of carbonyl (C=O) groups excluding carboxylic acids is 1. The lowest BCUT2D eigenvalue weighted by Crippen LogP contribution is -2.11. The standard InChI is InChI=1S/C12H9Cl2N3O3/c1-7-5-16(15-12(7)17(19)20)6-11(18)9-3-2-8(13)4-10(9)14/h2-5H,6H2,1H3. The van der Waals surface area contributed by atoms with Crippen LogP contribution in [0.15, 0.2) is 24.4 Å². The molecule has 0 amide bonds. The van der Waals surface area contributed by atoms with Crippen LogP contribution in [0.2, 0.25) is 10.0 Å². The quantitative estimate of drug-likeness (QED) is 0.493. The summed E-state index contributed by atoms with van der Waals surface area (Å²) in [6.07, 6.45) is 1.44. The van der Waals surface area contributed by atoms with Gasteiger partial charge in [-0.1, -0.05) is 23.2 Å². The molecule has 0 fully saturated rings. The third-order valence-electron chi connectivity index (χ3n) is 2.63. The van der Waals surface area contributed by atoms with Gasteiger partial charge in [-0.15, -0.1) is 0 Å². The van der Waals surface area contributed by atoms with Crippen molar-refractivity contribution in [3.8, 4) is 0 Å². The van der Waals surface area contributed by atoms with E-state index in [2.05, 4.69) is 5.10 Å². The van der Waals surface area contributed by atoms with Crippen LogP contribution in [-0.2, 0) is 6.54 Å². The Labute approximate surface area is 124 Å². The van der Waals surface area contributed by atoms with Crippen LogP contribution in [0.3, 0.4) is 0 Å². The van der Waals surface area contributed by atoms with Crippen LogP contribution in [0.25, 0.3) is 0 Å². The maximum atomic E-state index is 12.1. The molecule has 0 N–H and O–H groups in total. The van der Waals surface area contributed by atoms with Crippen LogP contribution in [0.5, 0.6) is 0 Å². The first kappa shape index (κ1) is 14.5. The van der Waals surface area contributed by atoms with E-state index in [0.717, 1.165) is 0 Å². The maximum Gasteiger partial charge on any atom is 0.392 e. The lowest BCUT2D eigenvalue weighted by atomic mass is 10.1. The summed E-state index contributed by atoms with van der Waals surface area (Å²) in [5, 5.41) is 15.1. The highest BCUT2D eigenvalue weighted by Crippen LogP contribution is 2.22. The molecule has 8 heteroatoms. The van der Waals surface area contributed by atoms with Crippen molar-refractivity contribution in [1.29, 1.82) is 0 Å². The molecule has 0 saturated carbocycles. The summed E-state index contributed by atoms with van der Waals surface area (Å²) < 4.78 is 1.22. The third kappa shape index (κ3) is 2.97. The molecule has 0 atom stereocenters. The molecule has 0 bridgehead atoms. The van der Waals surface area contributed by atoms with Crippen molar-refractivity contribution in [2.45, 2.75) is 13.5 Å². The van der Waals surface area contributed by atoms with E-state index in [4.69, 9.17) is 23.2 Å². The van der Waals surface area contributed by atoms with Crippen molar-refractivity contribution in [1.82, 2.24) is 9.78 Å². The molecule has 0 radical (unpaired) electrons. The Kier molecular flexibility index (Phi) is 4.06. The number of nitro groups is 1. The van der Waals surface area contributed by atoms with Gasteiger partial charge in [0.05, 0.1) is 21.9 Å². The number of ketones is 1. The van der Waals surface area contributed by atoms with E-state index in [1.165, 1.54) is 23.0 Å². The number of hydrogen-bond donors (Lipinski definition) is 0. The summed E-state index contributed by atoms with van der Waals surface area (Å²) in [5.74, 6) is -0.566. The second kappa shape index (κ2) is 5.60. The third-order valence-corrected chi connectivity index (χ3v) is 3.18. The lowest BCUT2D eigenvalue weighted by Gasteiger charge is -2.02. The molecular formula is C12H9Cl2N3O3. The van der Waals surface area contributed by atoms with E-state index in [9.17, 15) is 14.9 Å². The molecule has 2 aromatic rings. The largest absolute Gasteiger partial charge is 0.392 e. The van der Waals surface area contributed by atoms with Gasteiger partial charge in [-0.25, -0.2) is 0 Å². The Morgan fingerprint density at radius 3 is 2.70 bits per heavy atom. The van der Waals surface area contributed by atoms with Crippen molar-refractivity contribution < 1.29 is 9.72 Å². The summed E-state index contributed by atoms with van der Waals surface area (Å²) >= 11 is 11.7. The number of rotatable bonds is 4. The summed E-state index contributed by atoms with van der Waals surface area (Å²) in [4.78, 5) is 22.2. The number of nitrogens with zero attached hydrogens (tertiary/aromatic N) is 3. The average molecular weight is 314 g/mol. The van der Waals surface area contributed by atoms with E-state index in [1.54, 1.807) is 13.0 Å². The van der Waals surface area contributed by atoms with Crippen LogP contribution in [0, 0.1) is 17.0 Å². The highest BCUT2D eigenvalue weighted by Gasteiger charge is 2.20. The molecule has 1 heterocycles. The zero-order chi connectivity index (χ0) is 14.9. The Balaban J connectivity index is 2.23. The fourth-order valence-electron chi connectivity index (χ4n) is 1.72. The predicted molar refractivity (Wildman–Crippen MR) is 74.4 cm³/mol. The molecule has 0 aliphatic carbocycles. The van der Waals surface area contributed by atoms with Gasteiger partial charge in [0.15, 0.2) is 5.78 Å². The molecule has 104 valence electrons. The van der Waals surface area contributed by atoms with Gasteiger partial charge in [-0.3, -0.25) is 4.79 Å². The molecular weight excluding hydrogens is 305 g/mol. The molecule has 0 aliphatic heterocycles. The van der Waals surface area contributed by atoms with Gasteiger partial charge in [0, 0.05) is 10.6 Å². The predicted octanol–water partition coefficient (Wildman–Crippen LogP) is 3.29. The van der Waals surface area contributed by atoms with Gasteiger partial charge < -0.3 is 10.1 Å². The molecule has 0 unspecified atom stereocenters. The molecule has 0 saturated heterocycles. The molecule has 1 aromatic carbocycles. The van der Waals surface area contributed by atoms with Gasteiger partial charge in [0.2, 0.25) is 0 Å². The fourth-order valence-corrected chi connectivity index (χ4v) is 2.23. The van der Waals surface area contributed by atoms with Crippen LogP contribution in [0.1, 0.15) is 15.9 Å². The van der Waals surface area contributed by atoms with Crippen molar-refractivity contribution in [3.05, 3.63) is 55.7 Å². The van der Waals surface area contributed by atoms with Gasteiger partial charge in [0.25, 0.3) is 0 Å². The van der Waals surface area contributed by atoms with Crippen LogP contribution in [-0.4, -0.2) is 20.5 Å². The highest BCUT2D eigenvalue weighted by molar-refractivity contribution is 6.36. The molecule has 20 heavy (non-hydrogen) atoms. The Morgan fingerprint density at radius 2 is 2.15 bits per heavy atom. The first-order valence-corrected chi connectivity index (χ1v) is 6.31. The number of Topliss-reactive ketones (excluding diaryl/α,β-unsaturated/α-hetero) is 1. The number of benzene rings is 1. The zero-order valence-corrected chi connectivity index (χ0v) is 11.9. The fraction of sp³-hybridized carbons (Fsp3) is 0.167. The van der Waals surface area contributed by atoms with Gasteiger partial charge in [-0.05, 0) is 30.0 Å². The minimum atomic E-state index is -0.592. The van der Waals surface area contributed by atoms with Crippen LogP contribution < -0.4 is 0 Å². The molecule has 6 nitrogen and oxygen atoms in total. The number of aromatic nitrogens is 2. The second-order valence-corrected chi connectivity index (χ2v) is 4.98. The molecule has 0 aliphatic rings. The monoisotopic (exact) mass is 313 g/mol. The van der Waals surface area contributed by atoms with Gasteiger partial charge in [0.1, 0.15) is 6.54 Å². The molecule has 1 aromatic heterocycles. The average Bonchev–Trinajstić information content (AvgIpc) is 2.70. The van der Waals surface area contributed by atoms with E-state index in [0.29, 0.717) is 16.1 Å². The Hall–Kier alpha value is -1.92. The van der Waals surface area contributed by atoms with E-state index < -0.39 is 4.92 Å². The summed E-state index contributed by atoms with van der Waals surface area (Å²) in [5.41, 5.74) is 0.692. The summed E-state index contributed by atoms with van der Waals surface area (Å²) in [6, 6.07) is 4.53. The van der Waals surface area contributed by atoms with E-state index in [-0.39, 0.29) is 23.2 Å². The van der Waals surface area contributed by atoms with E-state index >= 15 is 0 Å². The Bertz CT molecular complexity index is 697. The van der Waals surface area contributed by atoms with Crippen molar-refractivity contribution in [2.75, 3.05) is 0 Å². The van der Waals surface area contributed by atoms with Gasteiger partial charge in [-0.2, -0.15) is 4.68 Å². The minimum Gasteiger partial charge on any atom is -0.358 e. The Morgan fingerprint density at radius 1 is 1.45 bits per heavy atom. The number of carbonyl (C=O) groups is 1. The van der Waals surface area contributed by atoms with Crippen molar-refractivity contribution in [3.63, 3.8) is 0 Å². The van der Waals surface area contributed by atoms with Crippen LogP contribution >= 0.6 is 23.2 Å². The second-order valence-electron chi connectivity index (χ2n) is 4.14. The number of halogens is 2. The normalized spacial score (nSPS) is 10.6. The van der Waals surface area contributed by atoms with Gasteiger partial charge >= 0.3 is 5.82 Å². The zero-order valence-electron chi connectivity index (χ0n) is 10.3. The first-order valence-electron chi connectivity index (χ1n) is 5.55. The van der Waals surface area contributed by atoms with E-state index in [1.807, 2.05) is 0 Å². The summed E-state index contributed by atoms with van der Waals surface area (Å²) in [6.45, 7) is 1.43. The summed E-state index contributed by atoms with van der Waals surface area (Å²) in [7, 11) is 0. The minimum absolute atomic E-state index is 0.129. The first-order chi connectivity index (χ1) is 9.38. The smallest absolute Gasteiger partial charge is 0.358 e. The molecule has 0 spiro atoms. The topological polar surface area (TPSA) is 78.0 Å². The highest BCUT2D eigenvalue weighted by atomic mass is 35.5. The number of hydrogen-bond acceptors (Lipinski definition) is 4. The number of aryl methyl sites for hydroxylation is 1. The van der Waals surface area contributed by atoms with Crippen molar-refractivity contribution >= 4 is 34.8 Å². The SMILES string of the molecule is Cc1cn(CC(=O)c2ccc(Cl)cc2Cl)nc1[N+](=O)[O-].